The largest absolute Gasteiger partial charge is 0.324 e. The minimum atomic E-state index is -0.126. The first kappa shape index (κ1) is 13.1. The van der Waals surface area contributed by atoms with E-state index in [-0.39, 0.29) is 6.04 Å². The van der Waals surface area contributed by atoms with Gasteiger partial charge in [-0.3, -0.25) is 0 Å². The highest BCUT2D eigenvalue weighted by Gasteiger charge is 2.18. The Balaban J connectivity index is 3.13. The summed E-state index contributed by atoms with van der Waals surface area (Å²) in [5.74, 6) is 0.344. The number of halogens is 3. The third kappa shape index (κ3) is 3.01. The molecule has 0 heterocycles. The molecule has 1 rings (SSSR count). The lowest BCUT2D eigenvalue weighted by Gasteiger charge is -2.20. The van der Waals surface area contributed by atoms with Gasteiger partial charge in [-0.05, 0) is 23.6 Å². The Morgan fingerprint density at radius 3 is 2.40 bits per heavy atom. The van der Waals surface area contributed by atoms with Crippen LogP contribution in [0.15, 0.2) is 12.1 Å². The van der Waals surface area contributed by atoms with Gasteiger partial charge in [0.05, 0.1) is 10.0 Å². The van der Waals surface area contributed by atoms with Crippen LogP contribution >= 0.6 is 34.8 Å². The Labute approximate surface area is 106 Å². The zero-order valence-corrected chi connectivity index (χ0v) is 11.0. The lowest BCUT2D eigenvalue weighted by Crippen LogP contribution is -2.19. The molecule has 4 heteroatoms. The van der Waals surface area contributed by atoms with E-state index >= 15 is 0 Å². The molecule has 15 heavy (non-hydrogen) atoms. The molecule has 0 radical (unpaired) electrons. The molecule has 84 valence electrons. The third-order valence-electron chi connectivity index (χ3n) is 2.64. The van der Waals surface area contributed by atoms with Crippen molar-refractivity contribution < 1.29 is 0 Å². The summed E-state index contributed by atoms with van der Waals surface area (Å²) >= 11 is 17.9. The van der Waals surface area contributed by atoms with E-state index in [0.29, 0.717) is 21.0 Å². The number of rotatable bonds is 3. The summed E-state index contributed by atoms with van der Waals surface area (Å²) in [7, 11) is 0. The van der Waals surface area contributed by atoms with Crippen LogP contribution in [0, 0.1) is 5.92 Å². The zero-order chi connectivity index (χ0) is 11.6. The van der Waals surface area contributed by atoms with Crippen LogP contribution in [0.25, 0.3) is 0 Å². The minimum Gasteiger partial charge on any atom is -0.324 e. The Morgan fingerprint density at radius 1 is 1.27 bits per heavy atom. The SMILES string of the molecule is CCC(C)[C@H](N)c1cc(Cl)cc(Cl)c1Cl. The molecule has 0 bridgehead atoms. The molecule has 0 aliphatic carbocycles. The Kier molecular flexibility index (Phi) is 4.72. The second-order valence-corrected chi connectivity index (χ2v) is 4.92. The van der Waals surface area contributed by atoms with Crippen LogP contribution in [0.4, 0.5) is 0 Å². The van der Waals surface area contributed by atoms with E-state index in [0.717, 1.165) is 12.0 Å². The summed E-state index contributed by atoms with van der Waals surface area (Å²) < 4.78 is 0. The lowest BCUT2D eigenvalue weighted by atomic mass is 9.93. The van der Waals surface area contributed by atoms with Gasteiger partial charge in [-0.1, -0.05) is 55.1 Å². The predicted octanol–water partition coefficient (Wildman–Crippen LogP) is 4.69. The molecule has 2 N–H and O–H groups in total. The van der Waals surface area contributed by atoms with Gasteiger partial charge in [0.25, 0.3) is 0 Å². The summed E-state index contributed by atoms with van der Waals surface area (Å²) in [5, 5.41) is 1.53. The van der Waals surface area contributed by atoms with Crippen molar-refractivity contribution in [2.75, 3.05) is 0 Å². The van der Waals surface area contributed by atoms with Crippen molar-refractivity contribution in [1.29, 1.82) is 0 Å². The van der Waals surface area contributed by atoms with E-state index in [1.54, 1.807) is 12.1 Å². The van der Waals surface area contributed by atoms with E-state index in [9.17, 15) is 0 Å². The van der Waals surface area contributed by atoms with Gasteiger partial charge in [-0.25, -0.2) is 0 Å². The summed E-state index contributed by atoms with van der Waals surface area (Å²) in [6.45, 7) is 4.17. The van der Waals surface area contributed by atoms with E-state index in [2.05, 4.69) is 13.8 Å². The highest BCUT2D eigenvalue weighted by Crippen LogP contribution is 2.35. The van der Waals surface area contributed by atoms with Crippen LogP contribution in [0.1, 0.15) is 31.9 Å². The highest BCUT2D eigenvalue weighted by molar-refractivity contribution is 6.43. The smallest absolute Gasteiger partial charge is 0.0641 e. The van der Waals surface area contributed by atoms with Crippen molar-refractivity contribution in [1.82, 2.24) is 0 Å². The van der Waals surface area contributed by atoms with Crippen molar-refractivity contribution in [3.63, 3.8) is 0 Å². The van der Waals surface area contributed by atoms with E-state index in [1.807, 2.05) is 0 Å². The number of hydrogen-bond acceptors (Lipinski definition) is 1. The molecule has 1 nitrogen and oxygen atoms in total. The van der Waals surface area contributed by atoms with Crippen LogP contribution in [-0.4, -0.2) is 0 Å². The number of benzene rings is 1. The fourth-order valence-corrected chi connectivity index (χ4v) is 2.12. The molecule has 0 amide bonds. The maximum atomic E-state index is 6.09. The predicted molar refractivity (Wildman–Crippen MR) is 67.9 cm³/mol. The van der Waals surface area contributed by atoms with Crippen LogP contribution in [-0.2, 0) is 0 Å². The molecule has 0 saturated heterocycles. The number of hydrogen-bond donors (Lipinski definition) is 1. The fourth-order valence-electron chi connectivity index (χ4n) is 1.38. The average Bonchev–Trinajstić information content (AvgIpc) is 2.21. The van der Waals surface area contributed by atoms with E-state index in [1.165, 1.54) is 0 Å². The van der Waals surface area contributed by atoms with E-state index < -0.39 is 0 Å². The Bertz CT molecular complexity index is 352. The van der Waals surface area contributed by atoms with Gasteiger partial charge in [-0.2, -0.15) is 0 Å². The van der Waals surface area contributed by atoms with Crippen LogP contribution in [0.2, 0.25) is 15.1 Å². The molecule has 0 aromatic heterocycles. The lowest BCUT2D eigenvalue weighted by molar-refractivity contribution is 0.457. The first-order chi connectivity index (χ1) is 6.97. The quantitative estimate of drug-likeness (QED) is 0.789. The van der Waals surface area contributed by atoms with E-state index in [4.69, 9.17) is 40.5 Å². The van der Waals surface area contributed by atoms with Crippen LogP contribution in [0.5, 0.6) is 0 Å². The Hall–Kier alpha value is 0.0500. The maximum absolute atomic E-state index is 6.09. The van der Waals surface area contributed by atoms with Crippen molar-refractivity contribution in [3.8, 4) is 0 Å². The van der Waals surface area contributed by atoms with Gasteiger partial charge >= 0.3 is 0 Å². The summed E-state index contributed by atoms with van der Waals surface area (Å²) in [5.41, 5.74) is 6.91. The summed E-state index contributed by atoms with van der Waals surface area (Å²) in [6.07, 6.45) is 0.988. The second-order valence-electron chi connectivity index (χ2n) is 3.70. The van der Waals surface area contributed by atoms with Gasteiger partial charge < -0.3 is 5.73 Å². The number of nitrogens with two attached hydrogens (primary N) is 1. The third-order valence-corrected chi connectivity index (χ3v) is 3.67. The van der Waals surface area contributed by atoms with Gasteiger partial charge in [-0.15, -0.1) is 0 Å². The summed E-state index contributed by atoms with van der Waals surface area (Å²) in [6, 6.07) is 3.28. The van der Waals surface area contributed by atoms with Crippen molar-refractivity contribution in [2.45, 2.75) is 26.3 Å². The minimum absolute atomic E-state index is 0.126. The molecule has 0 saturated carbocycles. The molecule has 1 aromatic rings. The van der Waals surface area contributed by atoms with Crippen molar-refractivity contribution in [2.24, 2.45) is 11.7 Å². The average molecular weight is 267 g/mol. The molecule has 1 aromatic carbocycles. The normalized spacial score (nSPS) is 15.1. The summed E-state index contributed by atoms with van der Waals surface area (Å²) in [4.78, 5) is 0. The zero-order valence-electron chi connectivity index (χ0n) is 8.73. The van der Waals surface area contributed by atoms with Gasteiger partial charge in [0.1, 0.15) is 0 Å². The molecule has 0 spiro atoms. The maximum Gasteiger partial charge on any atom is 0.0641 e. The Morgan fingerprint density at radius 2 is 1.87 bits per heavy atom. The molecule has 2 atom stereocenters. The van der Waals surface area contributed by atoms with Gasteiger partial charge in [0.15, 0.2) is 0 Å². The molecule has 0 aliphatic rings. The topological polar surface area (TPSA) is 26.0 Å². The molecule has 1 unspecified atom stereocenters. The fraction of sp³-hybridized carbons (Fsp3) is 0.455. The first-order valence-electron chi connectivity index (χ1n) is 4.87. The van der Waals surface area contributed by atoms with Gasteiger partial charge in [0.2, 0.25) is 0 Å². The van der Waals surface area contributed by atoms with Gasteiger partial charge in [0, 0.05) is 11.1 Å². The molecular weight excluding hydrogens is 252 g/mol. The van der Waals surface area contributed by atoms with Crippen molar-refractivity contribution >= 4 is 34.8 Å². The molecule has 0 fully saturated rings. The highest BCUT2D eigenvalue weighted by atomic mass is 35.5. The van der Waals surface area contributed by atoms with Crippen molar-refractivity contribution in [3.05, 3.63) is 32.8 Å². The molecular formula is C11H14Cl3N. The second kappa shape index (κ2) is 5.40. The van der Waals surface area contributed by atoms with Crippen LogP contribution < -0.4 is 5.73 Å². The monoisotopic (exact) mass is 265 g/mol. The standard InChI is InChI=1S/C11H14Cl3N/c1-3-6(2)11(15)8-4-7(12)5-9(13)10(8)14/h4-6,11H,3,15H2,1-2H3/t6?,11-/m0/s1. The first-order valence-corrected chi connectivity index (χ1v) is 6.00. The molecule has 0 aliphatic heterocycles. The van der Waals surface area contributed by atoms with Crippen LogP contribution in [0.3, 0.4) is 0 Å².